The number of carbonyl (C=O) groups excluding carboxylic acids is 3. The number of carbonyl (C=O) groups is 3. The molecule has 0 aromatic rings. The minimum Gasteiger partial charge on any atom is -0.394 e. The zero-order valence-corrected chi connectivity index (χ0v) is 45.7. The Hall–Kier alpha value is -2.67. The first-order chi connectivity index (χ1) is 39.0. The van der Waals surface area contributed by atoms with Crippen LogP contribution in [0.4, 0.5) is 0 Å². The van der Waals surface area contributed by atoms with Crippen molar-refractivity contribution in [1.82, 2.24) is 16.0 Å². The van der Waals surface area contributed by atoms with E-state index in [1.54, 1.807) is 6.92 Å². The lowest BCUT2D eigenvalue weighted by Crippen LogP contribution is -2.59. The fourth-order valence-corrected chi connectivity index (χ4v) is 7.54. The van der Waals surface area contributed by atoms with Crippen LogP contribution in [0.3, 0.4) is 0 Å². The van der Waals surface area contributed by atoms with Crippen molar-refractivity contribution in [2.24, 2.45) is 0 Å². The molecule has 3 saturated heterocycles. The third kappa shape index (κ3) is 28.4. The first-order valence-electron chi connectivity index (χ1n) is 26.8. The number of hydrogen-bond acceptors (Lipinski definition) is 30. The first kappa shape index (κ1) is 72.6. The molecule has 15 N–H and O–H groups in total. The Morgan fingerprint density at radius 3 is 0.963 bits per heavy atom. The second-order valence-corrected chi connectivity index (χ2v) is 18.8. The predicted octanol–water partition coefficient (Wildman–Crippen LogP) is -9.53. The first-order valence-corrected chi connectivity index (χ1v) is 26.8. The Bertz CT molecular complexity index is 1570. The molecule has 0 aromatic heterocycles. The van der Waals surface area contributed by atoms with Gasteiger partial charge in [-0.25, -0.2) is 0 Å². The number of rotatable bonds is 46. The van der Waals surface area contributed by atoms with Gasteiger partial charge in [0.15, 0.2) is 18.9 Å². The molecule has 0 spiro atoms. The van der Waals surface area contributed by atoms with Gasteiger partial charge in [-0.2, -0.15) is 0 Å². The molecule has 3 aliphatic rings. The van der Waals surface area contributed by atoms with Crippen LogP contribution in [-0.2, 0) is 85.4 Å². The van der Waals surface area contributed by atoms with Crippen LogP contribution >= 0.6 is 0 Å². The van der Waals surface area contributed by atoms with Gasteiger partial charge in [0.1, 0.15) is 85.5 Å². The molecule has 476 valence electrons. The lowest BCUT2D eigenvalue weighted by Gasteiger charge is -2.39. The zero-order chi connectivity index (χ0) is 59.4. The van der Waals surface area contributed by atoms with Gasteiger partial charge in [-0.05, 0) is 6.92 Å². The molecule has 81 heavy (non-hydrogen) atoms. The summed E-state index contributed by atoms with van der Waals surface area (Å²) in [5.41, 5.74) is -1.20. The largest absolute Gasteiger partial charge is 0.394 e. The molecule has 0 aromatic carbocycles. The van der Waals surface area contributed by atoms with Gasteiger partial charge in [-0.3, -0.25) is 14.4 Å². The number of hydrogen-bond donors (Lipinski definition) is 15. The van der Waals surface area contributed by atoms with Gasteiger partial charge in [-0.15, -0.1) is 0 Å². The van der Waals surface area contributed by atoms with Crippen LogP contribution in [0.2, 0.25) is 0 Å². The van der Waals surface area contributed by atoms with Gasteiger partial charge in [-0.1, -0.05) is 0 Å². The van der Waals surface area contributed by atoms with Gasteiger partial charge < -0.3 is 148 Å². The van der Waals surface area contributed by atoms with Crippen molar-refractivity contribution in [2.45, 2.75) is 117 Å². The summed E-state index contributed by atoms with van der Waals surface area (Å²) >= 11 is 0. The van der Waals surface area contributed by atoms with E-state index in [1.165, 1.54) is 0 Å². The van der Waals surface area contributed by atoms with Gasteiger partial charge >= 0.3 is 0 Å². The molecule has 0 saturated carbocycles. The van der Waals surface area contributed by atoms with Gasteiger partial charge in [0.25, 0.3) is 0 Å². The quantitative estimate of drug-likeness (QED) is 0.0252. The Balaban J connectivity index is 1.27. The van der Waals surface area contributed by atoms with E-state index in [4.69, 9.17) is 71.1 Å². The molecule has 15 atom stereocenters. The molecular formula is C48H89N3O30. The van der Waals surface area contributed by atoms with E-state index in [9.17, 15) is 75.7 Å². The zero-order valence-electron chi connectivity index (χ0n) is 45.7. The summed E-state index contributed by atoms with van der Waals surface area (Å²) in [6.45, 7) is 1.57. The molecule has 3 rings (SSSR count). The van der Waals surface area contributed by atoms with Crippen molar-refractivity contribution in [1.29, 1.82) is 0 Å². The summed E-state index contributed by atoms with van der Waals surface area (Å²) in [4.78, 5) is 37.7. The average molecular weight is 1190 g/mol. The highest BCUT2D eigenvalue weighted by Gasteiger charge is 2.46. The number of aliphatic hydroxyl groups is 12. The maximum Gasteiger partial charge on any atom is 0.246 e. The van der Waals surface area contributed by atoms with Gasteiger partial charge in [0.2, 0.25) is 17.7 Å². The van der Waals surface area contributed by atoms with Crippen LogP contribution in [0.5, 0.6) is 0 Å². The van der Waals surface area contributed by atoms with Crippen molar-refractivity contribution in [2.75, 3.05) is 172 Å². The minimum absolute atomic E-state index is 0.0141. The van der Waals surface area contributed by atoms with Crippen LogP contribution in [0.1, 0.15) is 19.8 Å². The van der Waals surface area contributed by atoms with Crippen molar-refractivity contribution in [3.63, 3.8) is 0 Å². The number of ether oxygens (including phenoxy) is 15. The standard InChI is InChI=1S/C48H89N3O30/c1-48(78-27-35(57)51-6-11-69-14-17-72-20-23-77-47-44(66)41(63)38(60)32(26-54)81-47,28-73-7-2-33(55)49-4-9-67-12-15-70-18-21-75-45-42(64)39(61)36(58)30(24-52)79-45)29-74-8-3-34(56)50-5-10-68-13-16-71-19-22-76-46-43(65)40(62)37(59)31(25-53)80-46/h30-32,36-47,52-54,58-66H,2-29H2,1H3,(H,49,55)(H,50,56)(H,51,57)/t30?,31?,32?,36-,37-,38-,39+,40+,41+,42?,43?,44?,45+,46+,47+,48?/m1/s1. The van der Waals surface area contributed by atoms with Crippen LogP contribution in [-0.4, -0.2) is 348 Å². The molecule has 33 nitrogen and oxygen atoms in total. The summed E-state index contributed by atoms with van der Waals surface area (Å²) in [6, 6.07) is 0. The maximum atomic E-state index is 12.7. The highest BCUT2D eigenvalue weighted by Crippen LogP contribution is 2.24. The summed E-state index contributed by atoms with van der Waals surface area (Å²) in [6.07, 6.45) is -20.8. The van der Waals surface area contributed by atoms with E-state index in [1.807, 2.05) is 0 Å². The molecule has 3 amide bonds. The van der Waals surface area contributed by atoms with Crippen LogP contribution in [0.25, 0.3) is 0 Å². The van der Waals surface area contributed by atoms with E-state index < -0.39 is 130 Å². The maximum absolute atomic E-state index is 12.7. The van der Waals surface area contributed by atoms with Crippen molar-refractivity contribution in [3.8, 4) is 0 Å². The molecule has 3 heterocycles. The van der Waals surface area contributed by atoms with Crippen LogP contribution < -0.4 is 16.0 Å². The van der Waals surface area contributed by atoms with E-state index in [2.05, 4.69) is 16.0 Å². The normalized spacial score (nSPS) is 29.5. The minimum atomic E-state index is -1.56. The van der Waals surface area contributed by atoms with Gasteiger partial charge in [0, 0.05) is 32.5 Å². The fourth-order valence-electron chi connectivity index (χ4n) is 7.54. The third-order valence-electron chi connectivity index (χ3n) is 12.2. The average Bonchev–Trinajstić information content (AvgIpc) is 3.47. The highest BCUT2D eigenvalue weighted by molar-refractivity contribution is 5.77. The lowest BCUT2D eigenvalue weighted by molar-refractivity contribution is -0.302. The molecule has 33 heteroatoms. The van der Waals surface area contributed by atoms with E-state index >= 15 is 0 Å². The van der Waals surface area contributed by atoms with E-state index in [0.717, 1.165) is 0 Å². The second-order valence-electron chi connectivity index (χ2n) is 18.8. The van der Waals surface area contributed by atoms with Gasteiger partial charge in [0.05, 0.1) is 145 Å². The number of aliphatic hydroxyl groups excluding tert-OH is 12. The number of amides is 3. The monoisotopic (exact) mass is 1190 g/mol. The SMILES string of the molecule is CC(COCCC(=O)NCCOCCOCCO[C@H]1OC(CO)[C@@H](O)[C@H](O)C1O)(COCCC(=O)NCCOCCOCCO[C@H]1OC(CO)[C@@H](O)[C@H](O)C1O)OCC(=O)NCCOCCOCCO[C@H]1OC(CO)[C@@H](O)[C@H](O)C1O. The molecular weight excluding hydrogens is 1100 g/mol. The van der Waals surface area contributed by atoms with Crippen molar-refractivity contribution >= 4 is 17.7 Å². The fraction of sp³-hybridized carbons (Fsp3) is 0.938. The molecule has 6 unspecified atom stereocenters. The molecule has 3 aliphatic heterocycles. The van der Waals surface area contributed by atoms with E-state index in [-0.39, 0.29) is 170 Å². The van der Waals surface area contributed by atoms with Crippen molar-refractivity contribution < 1.29 is 147 Å². The van der Waals surface area contributed by atoms with Crippen LogP contribution in [0, 0.1) is 0 Å². The summed E-state index contributed by atoms with van der Waals surface area (Å²) in [7, 11) is 0. The molecule has 3 fully saturated rings. The Labute approximate surface area is 468 Å². The molecule has 0 radical (unpaired) electrons. The molecule has 0 aliphatic carbocycles. The topological polar surface area (TPSA) is 469 Å². The number of nitrogens with one attached hydrogen (secondary N) is 3. The van der Waals surface area contributed by atoms with E-state index in [0.29, 0.717) is 0 Å². The highest BCUT2D eigenvalue weighted by atomic mass is 16.7. The third-order valence-corrected chi connectivity index (χ3v) is 12.2. The van der Waals surface area contributed by atoms with Crippen LogP contribution in [0.15, 0.2) is 0 Å². The smallest absolute Gasteiger partial charge is 0.246 e. The predicted molar refractivity (Wildman–Crippen MR) is 268 cm³/mol. The summed E-state index contributed by atoms with van der Waals surface area (Å²) < 4.78 is 81.9. The summed E-state index contributed by atoms with van der Waals surface area (Å²) in [5, 5.41) is 125. The lowest BCUT2D eigenvalue weighted by atomic mass is 9.99. The second kappa shape index (κ2) is 42.2. The summed E-state index contributed by atoms with van der Waals surface area (Å²) in [5.74, 6) is -1.12. The Kier molecular flexibility index (Phi) is 37.8. The Morgan fingerprint density at radius 2 is 0.654 bits per heavy atom. The van der Waals surface area contributed by atoms with Crippen molar-refractivity contribution in [3.05, 3.63) is 0 Å². The molecule has 0 bridgehead atoms. The Morgan fingerprint density at radius 1 is 0.370 bits per heavy atom.